The molecule has 0 aromatic heterocycles. The number of hydrogen-bond donors (Lipinski definition) is 3. The van der Waals surface area contributed by atoms with Gasteiger partial charge in [-0.1, -0.05) is 0 Å². The lowest BCUT2D eigenvalue weighted by atomic mass is 9.90. The van der Waals surface area contributed by atoms with Crippen LogP contribution in [0.1, 0.15) is 12.8 Å². The zero-order valence-corrected chi connectivity index (χ0v) is 9.63. The number of aliphatic hydroxyl groups is 1. The second-order valence-electron chi connectivity index (χ2n) is 3.44. The van der Waals surface area contributed by atoms with Crippen molar-refractivity contribution >= 4 is 22.1 Å². The molecule has 0 aromatic rings. The van der Waals surface area contributed by atoms with Gasteiger partial charge in [0.25, 0.3) is 0 Å². The first kappa shape index (κ1) is 11.7. The molecule has 1 aliphatic rings. The first-order valence-electron chi connectivity index (χ1n) is 4.67. The number of aliphatic hydroxyl groups excluding tert-OH is 1. The van der Waals surface area contributed by atoms with Crippen LogP contribution >= 0.6 is 15.9 Å². The molecule has 14 heavy (non-hydrogen) atoms. The van der Waals surface area contributed by atoms with Crippen molar-refractivity contribution < 1.29 is 5.11 Å². The van der Waals surface area contributed by atoms with E-state index in [9.17, 15) is 5.11 Å². The predicted molar refractivity (Wildman–Crippen MR) is 61.6 cm³/mol. The first-order valence-corrected chi connectivity index (χ1v) is 5.46. The monoisotopic (exact) mass is 261 g/mol. The van der Waals surface area contributed by atoms with Crippen molar-refractivity contribution in [3.8, 4) is 0 Å². The van der Waals surface area contributed by atoms with Gasteiger partial charge in [-0.15, -0.1) is 0 Å². The fourth-order valence-electron chi connectivity index (χ4n) is 1.46. The van der Waals surface area contributed by atoms with Gasteiger partial charge in [0.05, 0.1) is 16.6 Å². The maximum atomic E-state index is 9.32. The Balaban J connectivity index is 2.64. The van der Waals surface area contributed by atoms with E-state index in [4.69, 9.17) is 5.73 Å². The summed E-state index contributed by atoms with van der Waals surface area (Å²) in [6.07, 6.45) is 4.84. The molecule has 1 saturated heterocycles. The average molecular weight is 262 g/mol. The molecular formula is C9H16BrN3O. The first-order chi connectivity index (χ1) is 6.72. The topological polar surface area (TPSA) is 70.6 Å². The van der Waals surface area contributed by atoms with E-state index in [1.54, 1.807) is 6.21 Å². The number of halogens is 1. The van der Waals surface area contributed by atoms with Gasteiger partial charge in [0.1, 0.15) is 0 Å². The highest BCUT2D eigenvalue weighted by molar-refractivity contribution is 9.12. The second kappa shape index (κ2) is 5.48. The molecule has 0 atom stereocenters. The molecule has 0 bridgehead atoms. The molecule has 0 aliphatic carbocycles. The Hall–Kier alpha value is -0.390. The van der Waals surface area contributed by atoms with Crippen molar-refractivity contribution in [3.05, 3.63) is 10.7 Å². The lowest BCUT2D eigenvalue weighted by molar-refractivity contribution is 0.165. The molecule has 4 nitrogen and oxygen atoms in total. The summed E-state index contributed by atoms with van der Waals surface area (Å²) >= 11 is 3.25. The highest BCUT2D eigenvalue weighted by Gasteiger charge is 2.29. The van der Waals surface area contributed by atoms with Gasteiger partial charge in [0.2, 0.25) is 0 Å². The number of nitrogens with one attached hydrogen (secondary N) is 1. The fourth-order valence-corrected chi connectivity index (χ4v) is 1.56. The van der Waals surface area contributed by atoms with E-state index in [1.807, 2.05) is 0 Å². The lowest BCUT2D eigenvalue weighted by Crippen LogP contribution is -2.43. The summed E-state index contributed by atoms with van der Waals surface area (Å²) in [5.74, 6) is 0. The van der Waals surface area contributed by atoms with Crippen LogP contribution in [0.2, 0.25) is 0 Å². The van der Waals surface area contributed by atoms with E-state index >= 15 is 0 Å². The van der Waals surface area contributed by atoms with Crippen molar-refractivity contribution in [1.82, 2.24) is 5.32 Å². The summed E-state index contributed by atoms with van der Waals surface area (Å²) in [6, 6.07) is 0. The normalized spacial score (nSPS) is 22.9. The van der Waals surface area contributed by atoms with Gasteiger partial charge in [0, 0.05) is 12.4 Å². The van der Waals surface area contributed by atoms with Crippen LogP contribution in [0.4, 0.5) is 0 Å². The summed E-state index contributed by atoms with van der Waals surface area (Å²) in [5.41, 5.74) is 4.99. The van der Waals surface area contributed by atoms with Gasteiger partial charge >= 0.3 is 0 Å². The molecule has 1 heterocycles. The summed E-state index contributed by atoms with van der Waals surface area (Å²) in [7, 11) is 0. The number of piperidine rings is 1. The van der Waals surface area contributed by atoms with Gasteiger partial charge in [-0.25, -0.2) is 0 Å². The minimum Gasteiger partial charge on any atom is -0.404 e. The third-order valence-electron chi connectivity index (χ3n) is 2.45. The molecule has 0 unspecified atom stereocenters. The molecule has 0 aromatic carbocycles. The van der Waals surface area contributed by atoms with Crippen LogP contribution in [0.5, 0.6) is 0 Å². The maximum absolute atomic E-state index is 9.32. The van der Waals surface area contributed by atoms with Crippen LogP contribution in [-0.4, -0.2) is 36.6 Å². The van der Waals surface area contributed by atoms with Gasteiger partial charge in [0.15, 0.2) is 0 Å². The molecule has 1 rings (SSSR count). The van der Waals surface area contributed by atoms with Crippen molar-refractivity contribution in [2.45, 2.75) is 18.4 Å². The SMILES string of the molecule is N/C=C(/Br)C=NC1(CO)CCNCC1. The van der Waals surface area contributed by atoms with E-state index in [0.29, 0.717) is 0 Å². The highest BCUT2D eigenvalue weighted by Crippen LogP contribution is 2.22. The van der Waals surface area contributed by atoms with Crippen molar-refractivity contribution in [2.24, 2.45) is 10.7 Å². The van der Waals surface area contributed by atoms with Crippen LogP contribution in [0, 0.1) is 0 Å². The zero-order valence-electron chi connectivity index (χ0n) is 8.04. The minimum absolute atomic E-state index is 0.0933. The maximum Gasteiger partial charge on any atom is 0.0862 e. The highest BCUT2D eigenvalue weighted by atomic mass is 79.9. The third-order valence-corrected chi connectivity index (χ3v) is 2.92. The van der Waals surface area contributed by atoms with Crippen LogP contribution in [0.15, 0.2) is 15.7 Å². The Bertz CT molecular complexity index is 234. The summed E-state index contributed by atoms with van der Waals surface area (Å²) in [6.45, 7) is 1.90. The number of nitrogens with zero attached hydrogens (tertiary/aromatic N) is 1. The fraction of sp³-hybridized carbons (Fsp3) is 0.667. The summed E-state index contributed by atoms with van der Waals surface area (Å²) in [4.78, 5) is 4.39. The van der Waals surface area contributed by atoms with E-state index < -0.39 is 0 Å². The second-order valence-corrected chi connectivity index (χ2v) is 4.36. The number of aliphatic imine (C=N–C) groups is 1. The Kier molecular flexibility index (Phi) is 4.57. The third kappa shape index (κ3) is 3.08. The lowest BCUT2D eigenvalue weighted by Gasteiger charge is -2.32. The van der Waals surface area contributed by atoms with Crippen LogP contribution in [-0.2, 0) is 0 Å². The number of hydrogen-bond acceptors (Lipinski definition) is 4. The van der Waals surface area contributed by atoms with E-state index in [2.05, 4.69) is 26.2 Å². The van der Waals surface area contributed by atoms with Crippen LogP contribution < -0.4 is 11.1 Å². The van der Waals surface area contributed by atoms with E-state index in [0.717, 1.165) is 30.4 Å². The molecule has 1 fully saturated rings. The van der Waals surface area contributed by atoms with Gasteiger partial charge < -0.3 is 16.2 Å². The van der Waals surface area contributed by atoms with Crippen LogP contribution in [0.3, 0.4) is 0 Å². The average Bonchev–Trinajstić information content (AvgIpc) is 2.27. The molecule has 0 radical (unpaired) electrons. The van der Waals surface area contributed by atoms with Gasteiger partial charge in [-0.05, 0) is 41.9 Å². The largest absolute Gasteiger partial charge is 0.404 e. The Morgan fingerprint density at radius 1 is 1.57 bits per heavy atom. The predicted octanol–water partition coefficient (Wildman–Crippen LogP) is 0.367. The zero-order chi connectivity index (χ0) is 10.4. The molecule has 4 N–H and O–H groups in total. The number of nitrogens with two attached hydrogens (primary N) is 1. The Morgan fingerprint density at radius 2 is 2.21 bits per heavy atom. The number of allylic oxidation sites excluding steroid dienone is 1. The summed E-state index contributed by atoms with van der Waals surface area (Å²) in [5, 5.41) is 12.6. The number of rotatable bonds is 3. The molecule has 0 spiro atoms. The molecule has 0 saturated carbocycles. The summed E-state index contributed by atoms with van der Waals surface area (Å²) < 4.78 is 0.740. The minimum atomic E-state index is -0.312. The molecule has 80 valence electrons. The smallest absolute Gasteiger partial charge is 0.0862 e. The Labute approximate surface area is 92.4 Å². The molecular weight excluding hydrogens is 246 g/mol. The van der Waals surface area contributed by atoms with E-state index in [1.165, 1.54) is 6.20 Å². The molecule has 1 aliphatic heterocycles. The van der Waals surface area contributed by atoms with E-state index in [-0.39, 0.29) is 12.1 Å². The van der Waals surface area contributed by atoms with Crippen molar-refractivity contribution in [1.29, 1.82) is 0 Å². The Morgan fingerprint density at radius 3 is 2.71 bits per heavy atom. The molecule has 5 heteroatoms. The van der Waals surface area contributed by atoms with Gasteiger partial charge in [-0.2, -0.15) is 0 Å². The standard InChI is InChI=1S/C9H16BrN3O/c10-8(5-11)6-13-9(7-14)1-3-12-4-2-9/h5-6,12,14H,1-4,7,11H2/b8-5+,13-6?. The van der Waals surface area contributed by atoms with Gasteiger partial charge in [-0.3, -0.25) is 4.99 Å². The van der Waals surface area contributed by atoms with Crippen molar-refractivity contribution in [2.75, 3.05) is 19.7 Å². The van der Waals surface area contributed by atoms with Crippen molar-refractivity contribution in [3.63, 3.8) is 0 Å². The van der Waals surface area contributed by atoms with Crippen LogP contribution in [0.25, 0.3) is 0 Å². The molecule has 0 amide bonds. The quantitative estimate of drug-likeness (QED) is 0.643.